The van der Waals surface area contributed by atoms with Gasteiger partial charge in [-0.3, -0.25) is 0 Å². The Kier molecular flexibility index (Phi) is 4.22. The highest BCUT2D eigenvalue weighted by Crippen LogP contribution is 2.36. The van der Waals surface area contributed by atoms with Crippen LogP contribution in [0.15, 0.2) is 36.4 Å². The molecule has 0 radical (unpaired) electrons. The molecular formula is C17H16ClIO. The van der Waals surface area contributed by atoms with Crippen LogP contribution in [0.4, 0.5) is 0 Å². The molecule has 3 heteroatoms. The summed E-state index contributed by atoms with van der Waals surface area (Å²) in [6.45, 7) is 2.95. The van der Waals surface area contributed by atoms with Gasteiger partial charge in [-0.15, -0.1) is 11.6 Å². The van der Waals surface area contributed by atoms with Crippen LogP contribution in [-0.2, 0) is 6.42 Å². The Morgan fingerprint density at radius 1 is 1.25 bits per heavy atom. The van der Waals surface area contributed by atoms with E-state index < -0.39 is 0 Å². The molecule has 2 aromatic rings. The molecule has 0 aromatic heterocycles. The van der Waals surface area contributed by atoms with E-state index in [9.17, 15) is 0 Å². The van der Waals surface area contributed by atoms with Crippen molar-refractivity contribution in [1.29, 1.82) is 0 Å². The van der Waals surface area contributed by atoms with Crippen molar-refractivity contribution < 1.29 is 4.74 Å². The van der Waals surface area contributed by atoms with Gasteiger partial charge in [-0.2, -0.15) is 0 Å². The van der Waals surface area contributed by atoms with Crippen molar-refractivity contribution in [2.75, 3.05) is 6.61 Å². The van der Waals surface area contributed by atoms with Gasteiger partial charge >= 0.3 is 0 Å². The van der Waals surface area contributed by atoms with Crippen molar-refractivity contribution in [3.8, 4) is 5.75 Å². The third kappa shape index (κ3) is 2.68. The van der Waals surface area contributed by atoms with E-state index in [0.29, 0.717) is 0 Å². The van der Waals surface area contributed by atoms with Gasteiger partial charge in [-0.25, -0.2) is 0 Å². The highest BCUT2D eigenvalue weighted by Gasteiger charge is 2.18. The van der Waals surface area contributed by atoms with Crippen LogP contribution in [0.5, 0.6) is 5.75 Å². The summed E-state index contributed by atoms with van der Waals surface area (Å²) in [7, 11) is 0. The summed E-state index contributed by atoms with van der Waals surface area (Å²) in [5.41, 5.74) is 4.89. The number of rotatable bonds is 2. The first-order valence-electron chi connectivity index (χ1n) is 6.81. The summed E-state index contributed by atoms with van der Waals surface area (Å²) in [6.07, 6.45) is 2.17. The number of aryl methyl sites for hydroxylation is 2. The summed E-state index contributed by atoms with van der Waals surface area (Å²) >= 11 is 9.09. The number of hydrogen-bond acceptors (Lipinski definition) is 1. The van der Waals surface area contributed by atoms with Crippen LogP contribution < -0.4 is 4.74 Å². The van der Waals surface area contributed by atoms with Crippen molar-refractivity contribution in [3.05, 3.63) is 62.2 Å². The lowest BCUT2D eigenvalue weighted by Crippen LogP contribution is -2.09. The Hall–Kier alpha value is -0.740. The quantitative estimate of drug-likeness (QED) is 0.496. The third-order valence-electron chi connectivity index (χ3n) is 3.72. The van der Waals surface area contributed by atoms with Crippen molar-refractivity contribution in [3.63, 3.8) is 0 Å². The molecule has 1 heterocycles. The van der Waals surface area contributed by atoms with Gasteiger partial charge < -0.3 is 4.74 Å². The Morgan fingerprint density at radius 3 is 2.95 bits per heavy atom. The van der Waals surface area contributed by atoms with Crippen LogP contribution in [-0.4, -0.2) is 6.61 Å². The largest absolute Gasteiger partial charge is 0.493 e. The van der Waals surface area contributed by atoms with E-state index in [1.165, 1.54) is 20.3 Å². The molecule has 0 saturated carbocycles. The van der Waals surface area contributed by atoms with E-state index in [1.54, 1.807) is 0 Å². The van der Waals surface area contributed by atoms with Crippen LogP contribution >= 0.6 is 34.2 Å². The molecule has 0 aliphatic carbocycles. The molecule has 0 saturated heterocycles. The van der Waals surface area contributed by atoms with Crippen LogP contribution in [0.25, 0.3) is 0 Å². The second kappa shape index (κ2) is 5.94. The zero-order valence-electron chi connectivity index (χ0n) is 11.3. The summed E-state index contributed by atoms with van der Waals surface area (Å²) in [4.78, 5) is 0. The van der Waals surface area contributed by atoms with Gasteiger partial charge in [0.05, 0.1) is 12.0 Å². The summed E-state index contributed by atoms with van der Waals surface area (Å²) in [5.74, 6) is 1.02. The maximum Gasteiger partial charge on any atom is 0.122 e. The number of hydrogen-bond donors (Lipinski definition) is 0. The average molecular weight is 399 g/mol. The lowest BCUT2D eigenvalue weighted by Gasteiger charge is -2.20. The number of alkyl halides is 1. The fourth-order valence-electron chi connectivity index (χ4n) is 2.58. The predicted molar refractivity (Wildman–Crippen MR) is 91.9 cm³/mol. The first-order valence-corrected chi connectivity index (χ1v) is 8.33. The zero-order chi connectivity index (χ0) is 14.1. The highest BCUT2D eigenvalue weighted by atomic mass is 127. The lowest BCUT2D eigenvalue weighted by atomic mass is 9.98. The molecule has 1 aliphatic rings. The van der Waals surface area contributed by atoms with Gasteiger partial charge in [0.1, 0.15) is 5.75 Å². The molecule has 1 aliphatic heterocycles. The SMILES string of the molecule is Cc1cccc(C(Cl)c2ccc3c(c2)CCCO3)c1I. The summed E-state index contributed by atoms with van der Waals surface area (Å²) < 4.78 is 6.91. The predicted octanol–water partition coefficient (Wildman–Crippen LogP) is 5.25. The molecule has 1 nitrogen and oxygen atoms in total. The maximum atomic E-state index is 6.71. The average Bonchev–Trinajstić information content (AvgIpc) is 2.49. The second-order valence-electron chi connectivity index (χ2n) is 5.16. The van der Waals surface area contributed by atoms with Crippen LogP contribution in [0.2, 0.25) is 0 Å². The monoisotopic (exact) mass is 398 g/mol. The molecule has 1 atom stereocenters. The minimum Gasteiger partial charge on any atom is -0.493 e. The topological polar surface area (TPSA) is 9.23 Å². The summed E-state index contributed by atoms with van der Waals surface area (Å²) in [5, 5.41) is -0.103. The molecule has 0 amide bonds. The van der Waals surface area contributed by atoms with Crippen molar-refractivity contribution in [2.45, 2.75) is 25.1 Å². The smallest absolute Gasteiger partial charge is 0.122 e. The van der Waals surface area contributed by atoms with E-state index in [-0.39, 0.29) is 5.38 Å². The molecular weight excluding hydrogens is 383 g/mol. The van der Waals surface area contributed by atoms with Crippen LogP contribution in [0.3, 0.4) is 0 Å². The summed E-state index contributed by atoms with van der Waals surface area (Å²) in [6, 6.07) is 12.6. The van der Waals surface area contributed by atoms with E-state index >= 15 is 0 Å². The minimum absolute atomic E-state index is 0.103. The zero-order valence-corrected chi connectivity index (χ0v) is 14.2. The molecule has 3 rings (SSSR count). The number of benzene rings is 2. The second-order valence-corrected chi connectivity index (χ2v) is 6.68. The first-order chi connectivity index (χ1) is 9.66. The fraction of sp³-hybridized carbons (Fsp3) is 0.294. The fourth-order valence-corrected chi connectivity index (χ4v) is 3.76. The van der Waals surface area contributed by atoms with Gasteiger partial charge in [0.2, 0.25) is 0 Å². The molecule has 0 N–H and O–H groups in total. The molecule has 0 bridgehead atoms. The maximum absolute atomic E-state index is 6.71. The number of ether oxygens (including phenoxy) is 1. The third-order valence-corrected chi connectivity index (χ3v) is 5.68. The van der Waals surface area contributed by atoms with Crippen molar-refractivity contribution in [1.82, 2.24) is 0 Å². The Labute approximate surface area is 138 Å². The minimum atomic E-state index is -0.103. The van der Waals surface area contributed by atoms with Crippen molar-refractivity contribution in [2.24, 2.45) is 0 Å². The van der Waals surface area contributed by atoms with Gasteiger partial charge in [0, 0.05) is 3.57 Å². The molecule has 104 valence electrons. The van der Waals surface area contributed by atoms with Gasteiger partial charge in [-0.05, 0) is 70.7 Å². The molecule has 2 aromatic carbocycles. The molecule has 20 heavy (non-hydrogen) atoms. The van der Waals surface area contributed by atoms with Crippen LogP contribution in [0, 0.1) is 10.5 Å². The standard InChI is InChI=1S/C17H16ClIO/c1-11-4-2-6-14(17(11)19)16(18)13-7-8-15-12(10-13)5-3-9-20-15/h2,4,6-8,10,16H,3,5,9H2,1H3. The normalized spacial score (nSPS) is 15.3. The Morgan fingerprint density at radius 2 is 2.10 bits per heavy atom. The Bertz CT molecular complexity index is 639. The number of fused-ring (bicyclic) bond motifs is 1. The number of halogens is 2. The van der Waals surface area contributed by atoms with E-state index in [0.717, 1.165) is 30.8 Å². The molecule has 0 fully saturated rings. The van der Waals surface area contributed by atoms with Crippen molar-refractivity contribution >= 4 is 34.2 Å². The molecule has 0 spiro atoms. The van der Waals surface area contributed by atoms with Gasteiger partial charge in [0.25, 0.3) is 0 Å². The Balaban J connectivity index is 1.98. The first kappa shape index (κ1) is 14.2. The highest BCUT2D eigenvalue weighted by molar-refractivity contribution is 14.1. The van der Waals surface area contributed by atoms with E-state index in [2.05, 4.69) is 65.9 Å². The molecule has 1 unspecified atom stereocenters. The van der Waals surface area contributed by atoms with Gasteiger partial charge in [-0.1, -0.05) is 30.3 Å². The van der Waals surface area contributed by atoms with E-state index in [1.807, 2.05) is 0 Å². The van der Waals surface area contributed by atoms with Crippen LogP contribution in [0.1, 0.15) is 34.1 Å². The van der Waals surface area contributed by atoms with E-state index in [4.69, 9.17) is 16.3 Å². The lowest BCUT2D eigenvalue weighted by molar-refractivity contribution is 0.288. The van der Waals surface area contributed by atoms with Gasteiger partial charge in [0.15, 0.2) is 0 Å².